The molecule has 0 unspecified atom stereocenters. The Labute approximate surface area is 400 Å². The van der Waals surface area contributed by atoms with Crippen LogP contribution in [-0.4, -0.2) is 0 Å². The molecule has 0 radical (unpaired) electrons. The van der Waals surface area contributed by atoms with Gasteiger partial charge in [0.05, 0.1) is 0 Å². The Balaban J connectivity index is 0.896. The van der Waals surface area contributed by atoms with Crippen LogP contribution < -0.4 is 0 Å². The van der Waals surface area contributed by atoms with Gasteiger partial charge >= 0.3 is 0 Å². The van der Waals surface area contributed by atoms with E-state index in [-0.39, 0.29) is 0 Å². The minimum Gasteiger partial charge on any atom is -0.135 e. The maximum Gasteiger partial charge on any atom is 0.0433 e. The van der Waals surface area contributed by atoms with E-state index in [0.717, 1.165) is 0 Å². The van der Waals surface area contributed by atoms with Crippen molar-refractivity contribution in [2.75, 3.05) is 0 Å². The molecule has 0 bridgehead atoms. The van der Waals surface area contributed by atoms with E-state index in [4.69, 9.17) is 0 Å². The molecule has 0 spiro atoms. The van der Waals surface area contributed by atoms with Gasteiger partial charge in [-0.3, -0.25) is 0 Å². The van der Waals surface area contributed by atoms with E-state index in [1.165, 1.54) is 149 Å². The summed E-state index contributed by atoms with van der Waals surface area (Å²) in [4.78, 5) is 0. The van der Waals surface area contributed by atoms with Crippen molar-refractivity contribution in [3.8, 4) is 44.5 Å². The van der Waals surface area contributed by atoms with Crippen molar-refractivity contribution in [3.63, 3.8) is 0 Å². The molecule has 68 heavy (non-hydrogen) atoms. The van der Waals surface area contributed by atoms with Crippen LogP contribution in [0.4, 0.5) is 0 Å². The molecule has 0 fully saturated rings. The van der Waals surface area contributed by atoms with Crippen molar-refractivity contribution in [2.24, 2.45) is 0 Å². The van der Waals surface area contributed by atoms with Crippen molar-refractivity contribution in [1.82, 2.24) is 0 Å². The van der Waals surface area contributed by atoms with Gasteiger partial charge in [0.15, 0.2) is 0 Å². The molecule has 0 N–H and O–H groups in total. The molecule has 15 rings (SSSR count). The summed E-state index contributed by atoms with van der Waals surface area (Å²) in [6, 6.07) is 86.6. The third-order valence-electron chi connectivity index (χ3n) is 14.6. The summed E-state index contributed by atoms with van der Waals surface area (Å²) in [5.74, 6) is 0. The largest absolute Gasteiger partial charge is 0.135 e. The minimum absolute atomic E-state index is 1.22. The lowest BCUT2D eigenvalue weighted by Crippen LogP contribution is -1.88. The van der Waals surface area contributed by atoms with E-state index in [1.807, 2.05) is 22.7 Å². The average molecular weight is 895 g/mol. The maximum atomic E-state index is 2.45. The molecular weight excluding hydrogens is 857 g/mol. The fourth-order valence-corrected chi connectivity index (χ4v) is 13.9. The Morgan fingerprint density at radius 1 is 0.176 bits per heavy atom. The highest BCUT2D eigenvalue weighted by atomic mass is 32.1. The Kier molecular flexibility index (Phi) is 8.21. The number of hydrogen-bond donors (Lipinski definition) is 0. The number of hydrogen-bond acceptors (Lipinski definition) is 2. The highest BCUT2D eigenvalue weighted by molar-refractivity contribution is 7.26. The lowest BCUT2D eigenvalue weighted by molar-refractivity contribution is 1.63. The molecule has 0 nitrogen and oxygen atoms in total. The van der Waals surface area contributed by atoms with E-state index in [2.05, 4.69) is 231 Å². The highest BCUT2D eigenvalue weighted by Gasteiger charge is 2.17. The lowest BCUT2D eigenvalue weighted by atomic mass is 9.88. The molecule has 0 aliphatic carbocycles. The molecule has 15 aromatic rings. The van der Waals surface area contributed by atoms with Gasteiger partial charge in [-0.25, -0.2) is 0 Å². The van der Waals surface area contributed by atoms with Crippen molar-refractivity contribution in [1.29, 1.82) is 0 Å². The van der Waals surface area contributed by atoms with Crippen molar-refractivity contribution >= 4 is 128 Å². The molecule has 0 atom stereocenters. The van der Waals surface area contributed by atoms with E-state index in [9.17, 15) is 0 Å². The molecule has 0 aliphatic heterocycles. The maximum absolute atomic E-state index is 2.45. The molecule has 0 amide bonds. The predicted octanol–water partition coefficient (Wildman–Crippen LogP) is 20.0. The van der Waals surface area contributed by atoms with Gasteiger partial charge in [0, 0.05) is 40.3 Å². The van der Waals surface area contributed by atoms with E-state index >= 15 is 0 Å². The van der Waals surface area contributed by atoms with Crippen molar-refractivity contribution in [3.05, 3.63) is 231 Å². The minimum atomic E-state index is 1.22. The van der Waals surface area contributed by atoms with E-state index in [1.54, 1.807) is 0 Å². The first-order valence-electron chi connectivity index (χ1n) is 23.4. The van der Waals surface area contributed by atoms with E-state index in [0.29, 0.717) is 0 Å². The second-order valence-electron chi connectivity index (χ2n) is 18.3. The molecule has 0 saturated heterocycles. The normalized spacial score (nSPS) is 12.1. The molecule has 0 saturated carbocycles. The lowest BCUT2D eigenvalue weighted by Gasteiger charge is -2.15. The molecular formula is C66H38S2. The summed E-state index contributed by atoms with van der Waals surface area (Å²) >= 11 is 3.79. The zero-order valence-corrected chi connectivity index (χ0v) is 38.4. The fourth-order valence-electron chi connectivity index (χ4n) is 11.4. The van der Waals surface area contributed by atoms with Gasteiger partial charge in [0.25, 0.3) is 0 Å². The average Bonchev–Trinajstić information content (AvgIpc) is 3.99. The topological polar surface area (TPSA) is 0 Å². The summed E-state index contributed by atoms with van der Waals surface area (Å²) in [7, 11) is 0. The first kappa shape index (κ1) is 38.0. The van der Waals surface area contributed by atoms with Crippen molar-refractivity contribution in [2.45, 2.75) is 0 Å². The first-order chi connectivity index (χ1) is 33.7. The molecule has 13 aromatic carbocycles. The van der Waals surface area contributed by atoms with Crippen LogP contribution in [-0.2, 0) is 0 Å². The number of rotatable bonds is 4. The van der Waals surface area contributed by atoms with Gasteiger partial charge in [0.2, 0.25) is 0 Å². The second kappa shape index (κ2) is 14.7. The van der Waals surface area contributed by atoms with Crippen LogP contribution >= 0.6 is 22.7 Å². The van der Waals surface area contributed by atoms with Gasteiger partial charge < -0.3 is 0 Å². The first-order valence-corrected chi connectivity index (χ1v) is 25.0. The molecule has 2 aromatic heterocycles. The molecule has 0 aliphatic rings. The quantitative estimate of drug-likeness (QED) is 0.154. The van der Waals surface area contributed by atoms with Gasteiger partial charge in [-0.05, 0) is 152 Å². The number of thiophene rings is 2. The second-order valence-corrected chi connectivity index (χ2v) is 20.4. The Hall–Kier alpha value is -8.14. The summed E-state index contributed by atoms with van der Waals surface area (Å²) < 4.78 is 5.35. The smallest absolute Gasteiger partial charge is 0.0433 e. The van der Waals surface area contributed by atoms with Crippen LogP contribution in [0.5, 0.6) is 0 Å². The Bertz CT molecular complexity index is 4620. The van der Waals surface area contributed by atoms with Crippen LogP contribution in [0.15, 0.2) is 231 Å². The Morgan fingerprint density at radius 2 is 0.471 bits per heavy atom. The number of fused-ring (bicyclic) bond motifs is 18. The van der Waals surface area contributed by atoms with Crippen LogP contribution in [0, 0.1) is 0 Å². The standard InChI is InChI=1S/C66H38S2/c1-2-15-48-47(14-1)52-30-26-40(39-12-9-13-43(34-39)45-20-10-22-57-55-18-5-7-24-63(55)67-65(45)57)36-61(52)62-37-42(27-31-53(48)62)41-28-32-54-59(35-41)50-17-4-3-16-49(50)51-33-29-44(38-60(51)54)46-21-11-23-58-56-19-6-8-25-64(56)68-66(46)58/h1-38H. The summed E-state index contributed by atoms with van der Waals surface area (Å²) in [6.07, 6.45) is 0. The van der Waals surface area contributed by atoms with Crippen LogP contribution in [0.3, 0.4) is 0 Å². The van der Waals surface area contributed by atoms with Crippen molar-refractivity contribution < 1.29 is 0 Å². The zero-order valence-electron chi connectivity index (χ0n) is 36.8. The monoisotopic (exact) mass is 894 g/mol. The van der Waals surface area contributed by atoms with Crippen LogP contribution in [0.25, 0.3) is 149 Å². The summed E-state index contributed by atoms with van der Waals surface area (Å²) in [5, 5.41) is 20.7. The van der Waals surface area contributed by atoms with Gasteiger partial charge in [0.1, 0.15) is 0 Å². The van der Waals surface area contributed by atoms with Gasteiger partial charge in [-0.15, -0.1) is 22.7 Å². The Morgan fingerprint density at radius 3 is 0.956 bits per heavy atom. The van der Waals surface area contributed by atoms with Gasteiger partial charge in [-0.2, -0.15) is 0 Å². The summed E-state index contributed by atoms with van der Waals surface area (Å²) in [5.41, 5.74) is 9.95. The fraction of sp³-hybridized carbons (Fsp3) is 0. The highest BCUT2D eigenvalue weighted by Crippen LogP contribution is 2.45. The predicted molar refractivity (Wildman–Crippen MR) is 299 cm³/mol. The number of benzene rings is 13. The van der Waals surface area contributed by atoms with Crippen LogP contribution in [0.2, 0.25) is 0 Å². The zero-order chi connectivity index (χ0) is 44.5. The third-order valence-corrected chi connectivity index (χ3v) is 17.1. The van der Waals surface area contributed by atoms with Crippen LogP contribution in [0.1, 0.15) is 0 Å². The molecule has 2 heterocycles. The summed E-state index contributed by atoms with van der Waals surface area (Å²) in [6.45, 7) is 0. The van der Waals surface area contributed by atoms with Gasteiger partial charge in [-0.1, -0.05) is 188 Å². The molecule has 2 heteroatoms. The third kappa shape index (κ3) is 5.66. The van der Waals surface area contributed by atoms with E-state index < -0.39 is 0 Å². The SMILES string of the molecule is c1cc(-c2ccc3c4ccccc4c4ccc(-c5ccc6c(c5)c5ccccc5c5ccc(-c7cccc8c7sc7ccccc78)cc56)cc4c3c2)cc(-c2cccc3c2sc2ccccc23)c1. The molecule has 314 valence electrons.